The highest BCUT2D eigenvalue weighted by atomic mass is 19.4. The fourth-order valence-corrected chi connectivity index (χ4v) is 1.84. The van der Waals surface area contributed by atoms with Gasteiger partial charge in [-0.05, 0) is 19.3 Å². The van der Waals surface area contributed by atoms with Crippen molar-refractivity contribution in [2.45, 2.75) is 44.7 Å². The van der Waals surface area contributed by atoms with Gasteiger partial charge in [-0.15, -0.1) is 0 Å². The van der Waals surface area contributed by atoms with Crippen LogP contribution < -0.4 is 0 Å². The Labute approximate surface area is 104 Å². The molecule has 0 aromatic rings. The Morgan fingerprint density at radius 3 is 2.67 bits per heavy atom. The van der Waals surface area contributed by atoms with Crippen LogP contribution in [0, 0.1) is 0 Å². The molecular weight excluding hydrogens is 251 g/mol. The first kappa shape index (κ1) is 15.2. The van der Waals surface area contributed by atoms with Gasteiger partial charge in [-0.2, -0.15) is 13.2 Å². The molecule has 4 nitrogen and oxygen atoms in total. The summed E-state index contributed by atoms with van der Waals surface area (Å²) in [7, 11) is 1.44. The second kappa shape index (κ2) is 6.38. The van der Waals surface area contributed by atoms with E-state index in [9.17, 15) is 18.0 Å². The number of carbonyl (C=O) groups is 1. The molecule has 1 aliphatic heterocycles. The zero-order valence-electron chi connectivity index (χ0n) is 10.5. The number of hydrogen-bond acceptors (Lipinski definition) is 3. The van der Waals surface area contributed by atoms with Crippen molar-refractivity contribution in [1.29, 1.82) is 0 Å². The molecule has 0 saturated carbocycles. The summed E-state index contributed by atoms with van der Waals surface area (Å²) in [4.78, 5) is 13.1. The number of nitrogens with zero attached hydrogens (tertiary/aromatic N) is 1. The summed E-state index contributed by atoms with van der Waals surface area (Å²) < 4.78 is 46.1. The van der Waals surface area contributed by atoms with E-state index in [1.165, 1.54) is 11.9 Å². The lowest BCUT2D eigenvalue weighted by Gasteiger charge is -2.29. The van der Waals surface area contributed by atoms with Crippen molar-refractivity contribution < 1.29 is 27.4 Å². The van der Waals surface area contributed by atoms with Gasteiger partial charge < -0.3 is 14.4 Å². The van der Waals surface area contributed by atoms with E-state index >= 15 is 0 Å². The molecule has 1 amide bonds. The highest BCUT2D eigenvalue weighted by Crippen LogP contribution is 2.19. The molecule has 1 heterocycles. The van der Waals surface area contributed by atoms with Crippen molar-refractivity contribution >= 4 is 5.91 Å². The van der Waals surface area contributed by atoms with E-state index in [0.717, 1.165) is 6.42 Å². The van der Waals surface area contributed by atoms with Gasteiger partial charge in [0.15, 0.2) is 0 Å². The van der Waals surface area contributed by atoms with Crippen LogP contribution >= 0.6 is 0 Å². The van der Waals surface area contributed by atoms with Crippen LogP contribution in [0.25, 0.3) is 0 Å². The molecule has 0 aromatic carbocycles. The number of halogens is 3. The van der Waals surface area contributed by atoms with E-state index in [0.29, 0.717) is 19.4 Å². The molecule has 0 N–H and O–H groups in total. The molecule has 0 radical (unpaired) electrons. The lowest BCUT2D eigenvalue weighted by molar-refractivity contribution is -0.204. The van der Waals surface area contributed by atoms with Crippen LogP contribution in [0.15, 0.2) is 0 Å². The summed E-state index contributed by atoms with van der Waals surface area (Å²) in [5, 5.41) is 0. The monoisotopic (exact) mass is 269 g/mol. The zero-order valence-corrected chi connectivity index (χ0v) is 10.5. The number of carbonyl (C=O) groups excluding carboxylic acids is 1. The Kier molecular flexibility index (Phi) is 5.40. The van der Waals surface area contributed by atoms with Gasteiger partial charge in [-0.3, -0.25) is 4.79 Å². The average molecular weight is 269 g/mol. The second-order valence-corrected chi connectivity index (χ2v) is 4.24. The van der Waals surface area contributed by atoms with Crippen LogP contribution in [0.2, 0.25) is 0 Å². The van der Waals surface area contributed by atoms with Crippen molar-refractivity contribution in [3.05, 3.63) is 0 Å². The van der Waals surface area contributed by atoms with E-state index in [2.05, 4.69) is 0 Å². The first-order valence-electron chi connectivity index (χ1n) is 5.91. The zero-order chi connectivity index (χ0) is 13.8. The first-order chi connectivity index (χ1) is 8.35. The van der Waals surface area contributed by atoms with Crippen LogP contribution in [0.5, 0.6) is 0 Å². The third-order valence-corrected chi connectivity index (χ3v) is 2.77. The number of hydrogen-bond donors (Lipinski definition) is 0. The topological polar surface area (TPSA) is 38.8 Å². The van der Waals surface area contributed by atoms with E-state index in [1.54, 1.807) is 6.92 Å². The fourth-order valence-electron chi connectivity index (χ4n) is 1.84. The number of amides is 1. The van der Waals surface area contributed by atoms with Crippen molar-refractivity contribution in [3.8, 4) is 0 Å². The molecule has 1 rings (SSSR count). The molecule has 7 heteroatoms. The predicted octanol–water partition coefficient (Wildman–Crippen LogP) is 1.94. The van der Waals surface area contributed by atoms with Crippen molar-refractivity contribution in [1.82, 2.24) is 4.90 Å². The molecule has 1 aliphatic rings. The molecular formula is C11H18F3NO3. The van der Waals surface area contributed by atoms with E-state index < -0.39 is 25.1 Å². The smallest absolute Gasteiger partial charge is 0.368 e. The molecule has 0 aromatic heterocycles. The standard InChI is InChI=1S/C11H18F3NO3/c1-3-9(18-7-11(12,13)14)15(2)10(16)8-5-4-6-17-8/h8-9H,3-7H2,1-2H3. The fraction of sp³-hybridized carbons (Fsp3) is 0.909. The summed E-state index contributed by atoms with van der Waals surface area (Å²) in [6.45, 7) is 0.833. The number of alkyl halides is 3. The SMILES string of the molecule is CCC(OCC(F)(F)F)N(C)C(=O)C1CCCO1. The van der Waals surface area contributed by atoms with E-state index in [4.69, 9.17) is 9.47 Å². The molecule has 0 aliphatic carbocycles. The lowest BCUT2D eigenvalue weighted by Crippen LogP contribution is -2.44. The maximum absolute atomic E-state index is 12.1. The number of ether oxygens (including phenoxy) is 2. The molecule has 2 unspecified atom stereocenters. The van der Waals surface area contributed by atoms with Gasteiger partial charge in [0.05, 0.1) is 0 Å². The quantitative estimate of drug-likeness (QED) is 0.716. The van der Waals surface area contributed by atoms with Gasteiger partial charge in [0, 0.05) is 13.7 Å². The highest BCUT2D eigenvalue weighted by molar-refractivity contribution is 5.81. The normalized spacial score (nSPS) is 21.9. The minimum atomic E-state index is -4.39. The first-order valence-corrected chi connectivity index (χ1v) is 5.91. The largest absolute Gasteiger partial charge is 0.411 e. The van der Waals surface area contributed by atoms with E-state index in [-0.39, 0.29) is 5.91 Å². The molecule has 2 atom stereocenters. The van der Waals surface area contributed by atoms with Gasteiger partial charge in [0.1, 0.15) is 18.9 Å². The Hall–Kier alpha value is -0.820. The van der Waals surface area contributed by atoms with Crippen LogP contribution in [-0.2, 0) is 14.3 Å². The van der Waals surface area contributed by atoms with Gasteiger partial charge in [-0.1, -0.05) is 6.92 Å². The van der Waals surface area contributed by atoms with Crippen LogP contribution in [0.3, 0.4) is 0 Å². The van der Waals surface area contributed by atoms with Crippen molar-refractivity contribution in [3.63, 3.8) is 0 Å². The Bertz CT molecular complexity index is 277. The number of rotatable bonds is 5. The molecule has 0 bridgehead atoms. The van der Waals surface area contributed by atoms with E-state index in [1.807, 2.05) is 0 Å². The maximum atomic E-state index is 12.1. The summed E-state index contributed by atoms with van der Waals surface area (Å²) >= 11 is 0. The minimum Gasteiger partial charge on any atom is -0.368 e. The summed E-state index contributed by atoms with van der Waals surface area (Å²) in [6, 6.07) is 0. The minimum absolute atomic E-state index is 0.297. The van der Waals surface area contributed by atoms with Gasteiger partial charge in [0.2, 0.25) is 0 Å². The van der Waals surface area contributed by atoms with Crippen LogP contribution in [0.4, 0.5) is 13.2 Å². The van der Waals surface area contributed by atoms with Crippen LogP contribution in [-0.4, -0.2) is 49.6 Å². The number of likely N-dealkylation sites (N-methyl/N-ethyl adjacent to an activating group) is 1. The van der Waals surface area contributed by atoms with Gasteiger partial charge >= 0.3 is 6.18 Å². The third kappa shape index (κ3) is 4.45. The van der Waals surface area contributed by atoms with Crippen LogP contribution in [0.1, 0.15) is 26.2 Å². The molecule has 1 fully saturated rings. The second-order valence-electron chi connectivity index (χ2n) is 4.24. The Morgan fingerprint density at radius 1 is 1.56 bits per heavy atom. The lowest BCUT2D eigenvalue weighted by atomic mass is 10.2. The third-order valence-electron chi connectivity index (χ3n) is 2.77. The molecule has 0 spiro atoms. The Morgan fingerprint density at radius 2 is 2.22 bits per heavy atom. The summed E-state index contributed by atoms with van der Waals surface area (Å²) in [6.07, 6.45) is -4.10. The molecule has 106 valence electrons. The molecule has 18 heavy (non-hydrogen) atoms. The Balaban J connectivity index is 2.50. The summed E-state index contributed by atoms with van der Waals surface area (Å²) in [5.41, 5.74) is 0. The maximum Gasteiger partial charge on any atom is 0.411 e. The van der Waals surface area contributed by atoms with Crippen molar-refractivity contribution in [2.75, 3.05) is 20.3 Å². The van der Waals surface area contributed by atoms with Crippen molar-refractivity contribution in [2.24, 2.45) is 0 Å². The summed E-state index contributed by atoms with van der Waals surface area (Å²) in [5.74, 6) is -0.318. The molecule has 1 saturated heterocycles. The highest BCUT2D eigenvalue weighted by Gasteiger charge is 2.33. The van der Waals surface area contributed by atoms with Gasteiger partial charge in [0.25, 0.3) is 5.91 Å². The average Bonchev–Trinajstić information content (AvgIpc) is 2.80. The predicted molar refractivity (Wildman–Crippen MR) is 57.8 cm³/mol. The van der Waals surface area contributed by atoms with Gasteiger partial charge in [-0.25, -0.2) is 0 Å².